The fourth-order valence-electron chi connectivity index (χ4n) is 2.20. The van der Waals surface area contributed by atoms with E-state index in [4.69, 9.17) is 0 Å². The molecule has 0 aliphatic carbocycles. The molecule has 1 N–H and O–H groups in total. The van der Waals surface area contributed by atoms with Crippen LogP contribution in [-0.2, 0) is 6.42 Å². The fourth-order valence-corrected chi connectivity index (χ4v) is 2.94. The van der Waals surface area contributed by atoms with Crippen molar-refractivity contribution in [2.45, 2.75) is 26.3 Å². The topological polar surface area (TPSA) is 37.8 Å². The van der Waals surface area contributed by atoms with Crippen molar-refractivity contribution in [3.05, 3.63) is 53.9 Å². The van der Waals surface area contributed by atoms with Gasteiger partial charge in [0.2, 0.25) is 5.13 Å². The third kappa shape index (κ3) is 2.65. The summed E-state index contributed by atoms with van der Waals surface area (Å²) in [6, 6.07) is 15.2. The van der Waals surface area contributed by atoms with Crippen LogP contribution in [0.3, 0.4) is 0 Å². The molecule has 0 fully saturated rings. The molecule has 0 radical (unpaired) electrons. The zero-order chi connectivity index (χ0) is 13.9. The normalized spacial score (nSPS) is 12.5. The minimum atomic E-state index is 0.220. The van der Waals surface area contributed by atoms with Gasteiger partial charge in [0.25, 0.3) is 0 Å². The van der Waals surface area contributed by atoms with Crippen molar-refractivity contribution in [3.8, 4) is 0 Å². The van der Waals surface area contributed by atoms with Crippen LogP contribution in [0.1, 0.15) is 31.3 Å². The number of rotatable bonds is 4. The maximum Gasteiger partial charge on any atom is 0.203 e. The summed E-state index contributed by atoms with van der Waals surface area (Å²) in [5.41, 5.74) is 1.26. The second kappa shape index (κ2) is 5.59. The van der Waals surface area contributed by atoms with Crippen molar-refractivity contribution in [1.82, 2.24) is 9.36 Å². The van der Waals surface area contributed by atoms with E-state index in [1.165, 1.54) is 27.9 Å². The number of aromatic nitrogens is 2. The van der Waals surface area contributed by atoms with Crippen LogP contribution < -0.4 is 5.32 Å². The number of benzene rings is 2. The average molecular weight is 283 g/mol. The Labute approximate surface area is 122 Å². The predicted molar refractivity (Wildman–Crippen MR) is 85.3 cm³/mol. The Hall–Kier alpha value is -1.94. The first-order valence-corrected chi connectivity index (χ1v) is 7.61. The summed E-state index contributed by atoms with van der Waals surface area (Å²) >= 11 is 1.43. The third-order valence-electron chi connectivity index (χ3n) is 3.40. The van der Waals surface area contributed by atoms with Gasteiger partial charge in [0.1, 0.15) is 5.82 Å². The second-order valence-corrected chi connectivity index (χ2v) is 5.59. The molecule has 20 heavy (non-hydrogen) atoms. The van der Waals surface area contributed by atoms with Crippen molar-refractivity contribution in [3.63, 3.8) is 0 Å². The van der Waals surface area contributed by atoms with Gasteiger partial charge in [-0.15, -0.1) is 0 Å². The molecule has 0 aliphatic rings. The van der Waals surface area contributed by atoms with Gasteiger partial charge in [-0.3, -0.25) is 0 Å². The Morgan fingerprint density at radius 3 is 2.70 bits per heavy atom. The number of hydrogen-bond donors (Lipinski definition) is 1. The lowest BCUT2D eigenvalue weighted by Gasteiger charge is -2.13. The first kappa shape index (κ1) is 13.1. The SMILES string of the molecule is CCc1nsc(NC(C)c2ccc3ccccc3c2)n1. The minimum Gasteiger partial charge on any atom is -0.354 e. The number of fused-ring (bicyclic) bond motifs is 1. The van der Waals surface area contributed by atoms with E-state index >= 15 is 0 Å². The molecule has 3 nitrogen and oxygen atoms in total. The summed E-state index contributed by atoms with van der Waals surface area (Å²) in [6.45, 7) is 4.22. The molecule has 1 aromatic heterocycles. The van der Waals surface area contributed by atoms with Gasteiger partial charge in [0, 0.05) is 18.0 Å². The van der Waals surface area contributed by atoms with E-state index in [9.17, 15) is 0 Å². The maximum atomic E-state index is 4.45. The Morgan fingerprint density at radius 2 is 1.95 bits per heavy atom. The van der Waals surface area contributed by atoms with E-state index in [2.05, 4.69) is 71.0 Å². The van der Waals surface area contributed by atoms with Gasteiger partial charge in [-0.25, -0.2) is 4.98 Å². The van der Waals surface area contributed by atoms with Crippen molar-refractivity contribution in [2.75, 3.05) is 5.32 Å². The lowest BCUT2D eigenvalue weighted by atomic mass is 10.0. The molecule has 0 saturated heterocycles. The largest absolute Gasteiger partial charge is 0.354 e. The van der Waals surface area contributed by atoms with E-state index in [0.717, 1.165) is 17.4 Å². The maximum absolute atomic E-state index is 4.45. The number of hydrogen-bond acceptors (Lipinski definition) is 4. The van der Waals surface area contributed by atoms with Gasteiger partial charge in [-0.2, -0.15) is 4.37 Å². The molecule has 0 saturated carbocycles. The van der Waals surface area contributed by atoms with Crippen molar-refractivity contribution >= 4 is 27.4 Å². The number of anilines is 1. The zero-order valence-electron chi connectivity index (χ0n) is 11.6. The Kier molecular flexibility index (Phi) is 3.65. The molecule has 1 atom stereocenters. The van der Waals surface area contributed by atoms with Gasteiger partial charge in [0.15, 0.2) is 0 Å². The van der Waals surface area contributed by atoms with E-state index in [1.807, 2.05) is 0 Å². The highest BCUT2D eigenvalue weighted by Gasteiger charge is 2.09. The average Bonchev–Trinajstić information content (AvgIpc) is 2.94. The van der Waals surface area contributed by atoms with E-state index < -0.39 is 0 Å². The van der Waals surface area contributed by atoms with Crippen LogP contribution in [0.15, 0.2) is 42.5 Å². The molecule has 0 aliphatic heterocycles. The Bertz CT molecular complexity index is 720. The van der Waals surface area contributed by atoms with E-state index in [0.29, 0.717) is 0 Å². The van der Waals surface area contributed by atoms with Crippen LogP contribution in [0.25, 0.3) is 10.8 Å². The van der Waals surface area contributed by atoms with Gasteiger partial charge < -0.3 is 5.32 Å². The van der Waals surface area contributed by atoms with Gasteiger partial charge in [0.05, 0.1) is 6.04 Å². The lowest BCUT2D eigenvalue weighted by Crippen LogP contribution is -2.06. The van der Waals surface area contributed by atoms with Crippen LogP contribution in [0, 0.1) is 0 Å². The van der Waals surface area contributed by atoms with Crippen molar-refractivity contribution < 1.29 is 0 Å². The summed E-state index contributed by atoms with van der Waals surface area (Å²) < 4.78 is 4.30. The molecule has 3 rings (SSSR count). The third-order valence-corrected chi connectivity index (χ3v) is 4.08. The van der Waals surface area contributed by atoms with Gasteiger partial charge in [-0.1, -0.05) is 43.3 Å². The molecule has 102 valence electrons. The summed E-state index contributed by atoms with van der Waals surface area (Å²) in [4.78, 5) is 4.45. The first-order chi connectivity index (χ1) is 9.76. The molecule has 0 bridgehead atoms. The molecule has 1 heterocycles. The Balaban J connectivity index is 1.82. The molecule has 0 spiro atoms. The molecule has 4 heteroatoms. The molecule has 0 amide bonds. The molecule has 1 unspecified atom stereocenters. The van der Waals surface area contributed by atoms with Gasteiger partial charge in [-0.05, 0) is 29.3 Å². The molecular weight excluding hydrogens is 266 g/mol. The smallest absolute Gasteiger partial charge is 0.203 e. The standard InChI is InChI=1S/C16H17N3S/c1-3-15-18-16(20-19-15)17-11(2)13-9-8-12-6-4-5-7-14(12)10-13/h4-11H,3H2,1-2H3,(H,17,18,19). The summed E-state index contributed by atoms with van der Waals surface area (Å²) in [5.74, 6) is 0.906. The minimum absolute atomic E-state index is 0.220. The first-order valence-electron chi connectivity index (χ1n) is 6.84. The molecule has 2 aromatic carbocycles. The van der Waals surface area contributed by atoms with E-state index in [-0.39, 0.29) is 6.04 Å². The Morgan fingerprint density at radius 1 is 1.15 bits per heavy atom. The highest BCUT2D eigenvalue weighted by atomic mass is 32.1. The lowest BCUT2D eigenvalue weighted by molar-refractivity contribution is 0.878. The molecule has 3 aromatic rings. The zero-order valence-corrected chi connectivity index (χ0v) is 12.4. The number of nitrogens with one attached hydrogen (secondary N) is 1. The van der Waals surface area contributed by atoms with Crippen molar-refractivity contribution in [2.24, 2.45) is 0 Å². The van der Waals surface area contributed by atoms with Crippen LogP contribution >= 0.6 is 11.5 Å². The number of aryl methyl sites for hydroxylation is 1. The fraction of sp³-hybridized carbons (Fsp3) is 0.250. The molecular formula is C16H17N3S. The van der Waals surface area contributed by atoms with Gasteiger partial charge >= 0.3 is 0 Å². The van der Waals surface area contributed by atoms with Crippen LogP contribution in [0.5, 0.6) is 0 Å². The summed E-state index contributed by atoms with van der Waals surface area (Å²) in [7, 11) is 0. The number of nitrogens with zero attached hydrogens (tertiary/aromatic N) is 2. The van der Waals surface area contributed by atoms with Crippen molar-refractivity contribution in [1.29, 1.82) is 0 Å². The highest BCUT2D eigenvalue weighted by molar-refractivity contribution is 7.09. The highest BCUT2D eigenvalue weighted by Crippen LogP contribution is 2.24. The predicted octanol–water partition coefficient (Wildman–Crippen LogP) is 4.43. The summed E-state index contributed by atoms with van der Waals surface area (Å²) in [5, 5.41) is 6.85. The summed E-state index contributed by atoms with van der Waals surface area (Å²) in [6.07, 6.45) is 0.878. The second-order valence-electron chi connectivity index (χ2n) is 4.84. The quantitative estimate of drug-likeness (QED) is 0.770. The monoisotopic (exact) mass is 283 g/mol. The van der Waals surface area contributed by atoms with Crippen LogP contribution in [0.4, 0.5) is 5.13 Å². The van der Waals surface area contributed by atoms with E-state index in [1.54, 1.807) is 0 Å². The van der Waals surface area contributed by atoms with Crippen LogP contribution in [-0.4, -0.2) is 9.36 Å². The van der Waals surface area contributed by atoms with Crippen LogP contribution in [0.2, 0.25) is 0 Å².